The zero-order valence-electron chi connectivity index (χ0n) is 43.6. The zero-order valence-corrected chi connectivity index (χ0v) is 46.3. The fourth-order valence-corrected chi connectivity index (χ4v) is 10.1. The second-order valence-corrected chi connectivity index (χ2v) is 26.2. The minimum atomic E-state index is -3.07. The Balaban J connectivity index is 0.000000278. The second kappa shape index (κ2) is 29.3. The molecule has 0 bridgehead atoms. The molecule has 76 heavy (non-hydrogen) atoms. The molecular formula is C43H70F3N6O21P3. The number of alkyl halides is 3. The molecule has 7 N–H and O–H groups in total. The Hall–Kier alpha value is -3.96. The predicted octanol–water partition coefficient (Wildman–Crippen LogP) is 1.10. The average Bonchev–Trinajstić information content (AvgIpc) is 3.93. The number of ether oxygens (including phenoxy) is 5. The lowest BCUT2D eigenvalue weighted by atomic mass is 10.1. The summed E-state index contributed by atoms with van der Waals surface area (Å²) in [5.41, 5.74) is -3.57. The molecule has 3 aliphatic rings. The molecule has 6 rings (SSSR count). The highest BCUT2D eigenvalue weighted by molar-refractivity contribution is 7.62. The van der Waals surface area contributed by atoms with Gasteiger partial charge in [-0.05, 0) is 54.9 Å². The van der Waals surface area contributed by atoms with E-state index in [2.05, 4.69) is 9.97 Å². The summed E-state index contributed by atoms with van der Waals surface area (Å²) in [6.45, 7) is 15.8. The molecular weight excluding hydrogens is 1090 g/mol. The molecule has 27 nitrogen and oxygen atoms in total. The largest absolute Gasteiger partial charge is 0.394 e. The third-order valence-electron chi connectivity index (χ3n) is 11.1. The maximum atomic E-state index is 14.8. The van der Waals surface area contributed by atoms with Crippen LogP contribution in [0.4, 0.5) is 13.2 Å². The van der Waals surface area contributed by atoms with E-state index >= 15 is 0 Å². The summed E-state index contributed by atoms with van der Waals surface area (Å²) < 4.78 is 122. The van der Waals surface area contributed by atoms with Crippen LogP contribution in [-0.4, -0.2) is 183 Å². The number of rotatable bonds is 19. The Morgan fingerprint density at radius 1 is 0.579 bits per heavy atom. The lowest BCUT2D eigenvalue weighted by Gasteiger charge is -2.21. The number of aliphatic hydroxyl groups excluding tert-OH is 4. The molecule has 3 fully saturated rings. The van der Waals surface area contributed by atoms with Gasteiger partial charge in [-0.15, -0.1) is 0 Å². The molecule has 3 aliphatic heterocycles. The van der Waals surface area contributed by atoms with Crippen LogP contribution >= 0.6 is 22.1 Å². The lowest BCUT2D eigenvalue weighted by molar-refractivity contribution is -0.0597. The van der Waals surface area contributed by atoms with Gasteiger partial charge in [0.2, 0.25) is 7.37 Å². The van der Waals surface area contributed by atoms with Gasteiger partial charge in [-0.25, -0.2) is 27.6 Å². The first-order chi connectivity index (χ1) is 35.4. The van der Waals surface area contributed by atoms with Gasteiger partial charge in [0.1, 0.15) is 50.1 Å². The van der Waals surface area contributed by atoms with Gasteiger partial charge in [0, 0.05) is 48.1 Å². The highest BCUT2D eigenvalue weighted by Gasteiger charge is 2.49. The quantitative estimate of drug-likeness (QED) is 0.0826. The SMILES string of the molecule is CCOP(=O)(CC)OCC.CCOP(C)(=O)CO[C@@H]1[C@@H](F)[C@@H](n2cc(C)c(=O)[nH]c2=O)O[C@H]1CO.Cc1cn([C@H]2O[C@@H](CO)[C@H](O)[C@H]2F)c(=O)[nH]c1=O.Cc1cn([C@H]2O[C@@H](COCP(C)(C)=O)[C@H](O)[C@H]2F)c(=O)[nH]c1=O. The molecule has 0 radical (unpaired) electrons. The summed E-state index contributed by atoms with van der Waals surface area (Å²) in [7, 11) is -8.17. The summed E-state index contributed by atoms with van der Waals surface area (Å²) in [5, 5.41) is 37.6. The van der Waals surface area contributed by atoms with E-state index < -0.39 is 143 Å². The summed E-state index contributed by atoms with van der Waals surface area (Å²) in [6, 6.07) is 0. The third kappa shape index (κ3) is 18.0. The Morgan fingerprint density at radius 3 is 1.30 bits per heavy atom. The maximum Gasteiger partial charge on any atom is 0.330 e. The molecule has 0 amide bonds. The Labute approximate surface area is 432 Å². The van der Waals surface area contributed by atoms with E-state index in [1.54, 1.807) is 41.0 Å². The topological polar surface area (TPSA) is 371 Å². The molecule has 3 saturated heterocycles. The predicted molar refractivity (Wildman–Crippen MR) is 267 cm³/mol. The van der Waals surface area contributed by atoms with Crippen LogP contribution in [0.25, 0.3) is 0 Å². The average molecular weight is 1160 g/mol. The molecule has 33 heteroatoms. The van der Waals surface area contributed by atoms with Crippen LogP contribution in [-0.2, 0) is 51.0 Å². The van der Waals surface area contributed by atoms with Crippen LogP contribution in [0.2, 0.25) is 0 Å². The van der Waals surface area contributed by atoms with E-state index in [-0.39, 0.29) is 42.6 Å². The second-order valence-electron chi connectivity index (χ2n) is 17.8. The minimum absolute atomic E-state index is 0.0150. The van der Waals surface area contributed by atoms with Crippen LogP contribution in [0, 0.1) is 20.8 Å². The monoisotopic (exact) mass is 1160 g/mol. The van der Waals surface area contributed by atoms with Gasteiger partial charge >= 0.3 is 24.7 Å². The molecule has 13 atom stereocenters. The van der Waals surface area contributed by atoms with Gasteiger partial charge in [0.15, 0.2) is 37.2 Å². The van der Waals surface area contributed by atoms with Gasteiger partial charge in [-0.2, -0.15) is 0 Å². The first kappa shape index (κ1) is 66.3. The standard InChI is InChI=1S/C14H22FN2O7P.C13H20FN2O6P.C10H13FN2O5.C6H15O3P/c1-4-23-25(3,21)7-22-11-9(6-18)24-13(10(11)15)17-5-8(2)12(19)16-14(17)20;1-7-4-16(13(19)15-11(7)18)12-9(14)10(17)8(22-12)5-21-6-23(2,3)20;1-4-2-13(10(17)12-8(4)16)9-6(11)7(15)5(3-14)18-9;1-4-8-10(7,6-3)9-5-2/h5,9-11,13,18H,4,6-7H2,1-3H3,(H,16,19,20);4,8-10,12,17H,5-6H2,1-3H3,(H,15,18,19);2,5-7,9,14-15H,3H2,1H3,(H,12,16,17);4-6H2,1-3H3/t9-,10+,11-,13-,25?;8-,9+,10-,12-;5-,6+,7-,9-;/m000./s1. The molecule has 3 aromatic rings. The van der Waals surface area contributed by atoms with E-state index in [1.807, 2.05) is 4.98 Å². The number of aliphatic hydroxyl groups is 4. The molecule has 1 unspecified atom stereocenters. The number of aromatic nitrogens is 6. The molecule has 0 aromatic carbocycles. The van der Waals surface area contributed by atoms with Crippen molar-refractivity contribution in [1.29, 1.82) is 0 Å². The number of aryl methyl sites for hydroxylation is 3. The van der Waals surface area contributed by atoms with Crippen molar-refractivity contribution in [3.05, 3.63) is 97.8 Å². The van der Waals surface area contributed by atoms with Gasteiger partial charge in [0.05, 0.1) is 46.0 Å². The van der Waals surface area contributed by atoms with Crippen LogP contribution in [0.5, 0.6) is 0 Å². The number of hydrogen-bond donors (Lipinski definition) is 7. The van der Waals surface area contributed by atoms with Gasteiger partial charge < -0.3 is 62.2 Å². The Kier molecular flexibility index (Phi) is 25.6. The van der Waals surface area contributed by atoms with Crippen molar-refractivity contribution >= 4 is 22.1 Å². The van der Waals surface area contributed by atoms with Gasteiger partial charge in [0.25, 0.3) is 16.7 Å². The molecule has 434 valence electrons. The highest BCUT2D eigenvalue weighted by Crippen LogP contribution is 2.47. The first-order valence-corrected chi connectivity index (χ1v) is 30.5. The van der Waals surface area contributed by atoms with Crippen LogP contribution in [0.15, 0.2) is 47.4 Å². The first-order valence-electron chi connectivity index (χ1n) is 23.7. The molecule has 6 heterocycles. The number of H-pyrrole nitrogens is 3. The smallest absolute Gasteiger partial charge is 0.330 e. The number of nitrogens with zero attached hydrogens (tertiary/aromatic N) is 3. The van der Waals surface area contributed by atoms with Crippen molar-refractivity contribution in [3.63, 3.8) is 0 Å². The molecule has 0 aliphatic carbocycles. The third-order valence-corrected chi connectivity index (χ3v) is 15.4. The fourth-order valence-electron chi connectivity index (χ4n) is 7.27. The van der Waals surface area contributed by atoms with Crippen molar-refractivity contribution in [3.8, 4) is 0 Å². The zero-order chi connectivity index (χ0) is 57.6. The number of hydrogen-bond acceptors (Lipinski definition) is 21. The van der Waals surface area contributed by atoms with Crippen molar-refractivity contribution < 1.29 is 84.5 Å². The summed E-state index contributed by atoms with van der Waals surface area (Å²) in [5.74, 6) is 0. The highest BCUT2D eigenvalue weighted by atomic mass is 31.2. The Morgan fingerprint density at radius 2 is 0.947 bits per heavy atom. The van der Waals surface area contributed by atoms with E-state index in [1.165, 1.54) is 39.8 Å². The van der Waals surface area contributed by atoms with Gasteiger partial charge in [-0.1, -0.05) is 6.92 Å². The Bertz CT molecular complexity index is 2870. The fraction of sp³-hybridized carbons (Fsp3) is 0.721. The summed E-state index contributed by atoms with van der Waals surface area (Å²) in [4.78, 5) is 75.4. The van der Waals surface area contributed by atoms with E-state index in [4.69, 9.17) is 42.4 Å². The minimum Gasteiger partial charge on any atom is -0.394 e. The number of nitrogens with one attached hydrogen (secondary N) is 3. The van der Waals surface area contributed by atoms with E-state index in [0.29, 0.717) is 19.4 Å². The summed E-state index contributed by atoms with van der Waals surface area (Å²) in [6.07, 6.45) is -13.4. The van der Waals surface area contributed by atoms with Gasteiger partial charge in [-0.3, -0.25) is 52.2 Å². The molecule has 0 saturated carbocycles. The maximum absolute atomic E-state index is 14.8. The number of aromatic amines is 3. The van der Waals surface area contributed by atoms with E-state index in [0.717, 1.165) is 19.9 Å². The lowest BCUT2D eigenvalue weighted by Crippen LogP contribution is -2.37. The van der Waals surface area contributed by atoms with Crippen molar-refractivity contribution in [2.45, 2.75) is 122 Å². The van der Waals surface area contributed by atoms with Crippen LogP contribution < -0.4 is 33.7 Å². The van der Waals surface area contributed by atoms with E-state index in [9.17, 15) is 71.0 Å². The van der Waals surface area contributed by atoms with Crippen molar-refractivity contribution in [2.75, 3.05) is 78.5 Å². The van der Waals surface area contributed by atoms with Crippen molar-refractivity contribution in [2.24, 2.45) is 0 Å². The molecule has 3 aromatic heterocycles. The van der Waals surface area contributed by atoms with Crippen molar-refractivity contribution in [1.82, 2.24) is 28.7 Å². The normalized spacial score (nSPS) is 27.1. The van der Waals surface area contributed by atoms with Crippen LogP contribution in [0.3, 0.4) is 0 Å². The number of halogens is 3. The molecule has 0 spiro atoms. The summed E-state index contributed by atoms with van der Waals surface area (Å²) >= 11 is 0. The van der Waals surface area contributed by atoms with Crippen LogP contribution in [0.1, 0.15) is 63.1 Å².